The van der Waals surface area contributed by atoms with Gasteiger partial charge in [0.2, 0.25) is 0 Å². The highest BCUT2D eigenvalue weighted by atomic mass is 16.3. The Morgan fingerprint density at radius 2 is 2.15 bits per heavy atom. The van der Waals surface area contributed by atoms with Crippen LogP contribution in [0.5, 0.6) is 0 Å². The van der Waals surface area contributed by atoms with Crippen molar-refractivity contribution >= 4 is 5.91 Å². The zero-order chi connectivity index (χ0) is 14.3. The molecule has 1 aromatic rings. The minimum absolute atomic E-state index is 0.0431. The van der Waals surface area contributed by atoms with Crippen molar-refractivity contribution < 1.29 is 9.90 Å². The molecule has 2 saturated carbocycles. The number of hydrogen-bond acceptors (Lipinski definition) is 3. The van der Waals surface area contributed by atoms with Gasteiger partial charge in [0.05, 0.1) is 0 Å². The van der Waals surface area contributed by atoms with E-state index in [9.17, 15) is 14.7 Å². The Bertz CT molecular complexity index is 581. The fraction of sp³-hybridized carbons (Fsp3) is 0.600. The molecule has 0 radical (unpaired) electrons. The van der Waals surface area contributed by atoms with E-state index >= 15 is 0 Å². The standard InChI is InChI=1S/C15H20N2O3/c1-17-12(3-2-4-13(17)19)15(20)16-14-10-6-5-9(7-10)11(14)8-18/h2-4,9-11,14,18H,5-8H2,1H3,(H,16,20). The second-order valence-electron chi connectivity index (χ2n) is 5.99. The van der Waals surface area contributed by atoms with Gasteiger partial charge < -0.3 is 15.0 Å². The lowest BCUT2D eigenvalue weighted by atomic mass is 9.85. The summed E-state index contributed by atoms with van der Waals surface area (Å²) >= 11 is 0. The first-order valence-electron chi connectivity index (χ1n) is 7.19. The third-order valence-electron chi connectivity index (χ3n) is 5.01. The van der Waals surface area contributed by atoms with Crippen LogP contribution in [0.25, 0.3) is 0 Å². The molecule has 0 aromatic carbocycles. The van der Waals surface area contributed by atoms with E-state index in [1.165, 1.54) is 10.6 Å². The SMILES string of the molecule is Cn1c(C(=O)NC2C3CCC(C3)C2CO)cccc1=O. The number of aliphatic hydroxyl groups excluding tert-OH is 1. The Morgan fingerprint density at radius 1 is 1.40 bits per heavy atom. The van der Waals surface area contributed by atoms with E-state index in [0.717, 1.165) is 19.3 Å². The number of pyridine rings is 1. The van der Waals surface area contributed by atoms with Crippen LogP contribution in [0.15, 0.2) is 23.0 Å². The minimum Gasteiger partial charge on any atom is -0.396 e. The van der Waals surface area contributed by atoms with Gasteiger partial charge in [-0.25, -0.2) is 0 Å². The van der Waals surface area contributed by atoms with Gasteiger partial charge in [0.25, 0.3) is 11.5 Å². The molecule has 2 fully saturated rings. The zero-order valence-corrected chi connectivity index (χ0v) is 11.6. The van der Waals surface area contributed by atoms with E-state index in [2.05, 4.69) is 5.32 Å². The molecule has 108 valence electrons. The number of nitrogens with zero attached hydrogens (tertiary/aromatic N) is 1. The molecule has 0 spiro atoms. The van der Waals surface area contributed by atoms with Crippen LogP contribution in [0, 0.1) is 17.8 Å². The first-order chi connectivity index (χ1) is 9.61. The second kappa shape index (κ2) is 5.05. The fourth-order valence-corrected chi connectivity index (χ4v) is 3.92. The predicted molar refractivity (Wildman–Crippen MR) is 74.3 cm³/mol. The van der Waals surface area contributed by atoms with E-state index < -0.39 is 0 Å². The summed E-state index contributed by atoms with van der Waals surface area (Å²) in [6, 6.07) is 4.73. The lowest BCUT2D eigenvalue weighted by molar-refractivity contribution is 0.0852. The van der Waals surface area contributed by atoms with E-state index in [4.69, 9.17) is 0 Å². The van der Waals surface area contributed by atoms with Gasteiger partial charge in [-0.3, -0.25) is 9.59 Å². The van der Waals surface area contributed by atoms with Gasteiger partial charge in [-0.1, -0.05) is 6.07 Å². The molecule has 5 heteroatoms. The lowest BCUT2D eigenvalue weighted by Gasteiger charge is -2.30. The largest absolute Gasteiger partial charge is 0.396 e. The molecule has 3 rings (SSSR count). The first-order valence-corrected chi connectivity index (χ1v) is 7.19. The molecule has 0 saturated heterocycles. The molecule has 20 heavy (non-hydrogen) atoms. The predicted octanol–water partition coefficient (Wildman–Crippen LogP) is 0.522. The number of nitrogens with one attached hydrogen (secondary N) is 1. The molecule has 2 aliphatic carbocycles. The average Bonchev–Trinajstić information content (AvgIpc) is 3.02. The van der Waals surface area contributed by atoms with Crippen LogP contribution in [0.3, 0.4) is 0 Å². The molecule has 2 N–H and O–H groups in total. The Hall–Kier alpha value is -1.62. The average molecular weight is 276 g/mol. The number of aromatic nitrogens is 1. The van der Waals surface area contributed by atoms with Gasteiger partial charge in [0, 0.05) is 31.7 Å². The Kier molecular flexibility index (Phi) is 3.38. The van der Waals surface area contributed by atoms with Gasteiger partial charge >= 0.3 is 0 Å². The molecule has 1 heterocycles. The van der Waals surface area contributed by atoms with Gasteiger partial charge in [0.1, 0.15) is 5.69 Å². The van der Waals surface area contributed by atoms with Crippen LogP contribution in [0.4, 0.5) is 0 Å². The van der Waals surface area contributed by atoms with Gasteiger partial charge in [-0.05, 0) is 37.2 Å². The minimum atomic E-state index is -0.221. The van der Waals surface area contributed by atoms with E-state index in [1.807, 2.05) is 0 Å². The van der Waals surface area contributed by atoms with Crippen LogP contribution >= 0.6 is 0 Å². The maximum atomic E-state index is 12.4. The maximum absolute atomic E-state index is 12.4. The van der Waals surface area contributed by atoms with Crippen molar-refractivity contribution in [3.05, 3.63) is 34.2 Å². The van der Waals surface area contributed by atoms with Crippen molar-refractivity contribution in [2.45, 2.75) is 25.3 Å². The van der Waals surface area contributed by atoms with E-state index in [-0.39, 0.29) is 30.0 Å². The number of aliphatic hydroxyl groups is 1. The summed E-state index contributed by atoms with van der Waals surface area (Å²) in [5.41, 5.74) is 0.182. The molecule has 4 atom stereocenters. The highest BCUT2D eigenvalue weighted by Crippen LogP contribution is 2.48. The number of carbonyl (C=O) groups excluding carboxylic acids is 1. The summed E-state index contributed by atoms with van der Waals surface area (Å²) in [5.74, 6) is 0.955. The van der Waals surface area contributed by atoms with Crippen LogP contribution in [0.1, 0.15) is 29.8 Å². The van der Waals surface area contributed by atoms with E-state index in [0.29, 0.717) is 17.5 Å². The molecule has 2 aliphatic rings. The molecule has 2 bridgehead atoms. The summed E-state index contributed by atoms with van der Waals surface area (Å²) in [7, 11) is 1.60. The summed E-state index contributed by atoms with van der Waals surface area (Å²) in [4.78, 5) is 23.9. The molecule has 1 amide bonds. The molecule has 1 aromatic heterocycles. The third-order valence-corrected chi connectivity index (χ3v) is 5.01. The summed E-state index contributed by atoms with van der Waals surface area (Å²) in [6.45, 7) is 0.125. The highest BCUT2D eigenvalue weighted by Gasteiger charge is 2.47. The number of rotatable bonds is 3. The number of fused-ring (bicyclic) bond motifs is 2. The molecule has 0 aliphatic heterocycles. The van der Waals surface area contributed by atoms with Crippen molar-refractivity contribution in [2.24, 2.45) is 24.8 Å². The van der Waals surface area contributed by atoms with Crippen molar-refractivity contribution in [1.82, 2.24) is 9.88 Å². The molecular formula is C15H20N2O3. The van der Waals surface area contributed by atoms with Crippen molar-refractivity contribution in [2.75, 3.05) is 6.61 Å². The Labute approximate surface area is 117 Å². The van der Waals surface area contributed by atoms with Crippen molar-refractivity contribution in [3.63, 3.8) is 0 Å². The number of carbonyl (C=O) groups is 1. The van der Waals surface area contributed by atoms with Gasteiger partial charge in [-0.2, -0.15) is 0 Å². The smallest absolute Gasteiger partial charge is 0.268 e. The number of hydrogen-bond donors (Lipinski definition) is 2. The monoisotopic (exact) mass is 276 g/mol. The third kappa shape index (κ3) is 2.06. The van der Waals surface area contributed by atoms with Crippen molar-refractivity contribution in [1.29, 1.82) is 0 Å². The summed E-state index contributed by atoms with van der Waals surface area (Å²) in [5, 5.41) is 12.6. The Morgan fingerprint density at radius 3 is 2.90 bits per heavy atom. The first kappa shape index (κ1) is 13.4. The van der Waals surface area contributed by atoms with Crippen LogP contribution in [-0.4, -0.2) is 28.2 Å². The normalized spacial score (nSPS) is 31.5. The lowest BCUT2D eigenvalue weighted by Crippen LogP contribution is -2.46. The van der Waals surface area contributed by atoms with Crippen molar-refractivity contribution in [3.8, 4) is 0 Å². The quantitative estimate of drug-likeness (QED) is 0.845. The van der Waals surface area contributed by atoms with Gasteiger partial charge in [-0.15, -0.1) is 0 Å². The van der Waals surface area contributed by atoms with E-state index in [1.54, 1.807) is 19.2 Å². The highest BCUT2D eigenvalue weighted by molar-refractivity contribution is 5.92. The summed E-state index contributed by atoms with van der Waals surface area (Å²) < 4.78 is 1.36. The Balaban J connectivity index is 1.79. The van der Waals surface area contributed by atoms with Crippen LogP contribution in [-0.2, 0) is 7.05 Å². The summed E-state index contributed by atoms with van der Waals surface area (Å²) in [6.07, 6.45) is 3.38. The fourth-order valence-electron chi connectivity index (χ4n) is 3.92. The van der Waals surface area contributed by atoms with Crippen LogP contribution < -0.4 is 10.9 Å². The molecule has 4 unspecified atom stereocenters. The topological polar surface area (TPSA) is 71.3 Å². The zero-order valence-electron chi connectivity index (χ0n) is 11.6. The van der Waals surface area contributed by atoms with Gasteiger partial charge in [0.15, 0.2) is 0 Å². The number of amides is 1. The molecule has 5 nitrogen and oxygen atoms in total. The van der Waals surface area contributed by atoms with Crippen LogP contribution in [0.2, 0.25) is 0 Å². The maximum Gasteiger partial charge on any atom is 0.268 e. The second-order valence-corrected chi connectivity index (χ2v) is 5.99. The molecular weight excluding hydrogens is 256 g/mol.